The highest BCUT2D eigenvalue weighted by Crippen LogP contribution is 2.20. The summed E-state index contributed by atoms with van der Waals surface area (Å²) in [4.78, 5) is 97.1. The summed E-state index contributed by atoms with van der Waals surface area (Å²) in [5.74, 6) is -5.37. The molecule has 3 aromatic carbocycles. The third kappa shape index (κ3) is 14.8. The minimum atomic E-state index is -1.33. The lowest BCUT2D eigenvalue weighted by molar-refractivity contribution is -0.142. The van der Waals surface area contributed by atoms with Crippen molar-refractivity contribution >= 4 is 52.4 Å². The number of benzene rings is 3. The SMILES string of the molecule is CC[C@H](C)[C@H](NC(=O)[C@H](Cc1ccccc1)NC(=O)[C@@H](N)Cc1cnc[nH]1)C(=O)N[C@@H](CCCN=C(N)N)C(=O)N[C@@H](Cc1c[nH]c2ccccc12)C(=O)N[C@@H](Cc1ccccc1)C(=O)O. The summed E-state index contributed by atoms with van der Waals surface area (Å²) in [5.41, 5.74) is 20.9. The number of para-hydroxylation sites is 1. The number of nitrogens with one attached hydrogen (secondary N) is 7. The van der Waals surface area contributed by atoms with Crippen LogP contribution in [0.3, 0.4) is 0 Å². The van der Waals surface area contributed by atoms with Crippen LogP contribution in [0.5, 0.6) is 0 Å². The Bertz CT molecular complexity index is 2400. The van der Waals surface area contributed by atoms with Crippen LogP contribution < -0.4 is 43.8 Å². The highest BCUT2D eigenvalue weighted by atomic mass is 16.4. The number of amides is 5. The molecule has 0 radical (unpaired) electrons. The van der Waals surface area contributed by atoms with Gasteiger partial charge in [-0.05, 0) is 41.5 Å². The van der Waals surface area contributed by atoms with Crippen molar-refractivity contribution in [3.05, 3.63) is 126 Å². The van der Waals surface area contributed by atoms with E-state index in [-0.39, 0.29) is 51.0 Å². The van der Waals surface area contributed by atoms with Gasteiger partial charge in [-0.3, -0.25) is 29.0 Å². The standard InChI is InChI=1S/C47H60N12O7/c1-3-28(2)40(59-44(63)37(21-29-13-6-4-7-14-29)56-41(60)34(48)24-32-26-51-27-54-32)45(64)55-36(19-12-20-52-47(49)50)42(61)57-38(23-31-25-53-35-18-11-10-17-33(31)35)43(62)58-39(46(65)66)22-30-15-8-5-9-16-30/h4-11,13-18,25-28,34,36-40,53H,3,12,19-24,48H2,1-2H3,(H,51,54)(H,55,64)(H,56,60)(H,57,61)(H,58,62)(H,59,63)(H,65,66)(H4,49,50,52)/t28-,34-,36-,37-,38-,39-,40-/m0/s1. The van der Waals surface area contributed by atoms with Crippen molar-refractivity contribution < 1.29 is 33.9 Å². The fourth-order valence-electron chi connectivity index (χ4n) is 7.38. The Labute approximate surface area is 382 Å². The Hall–Kier alpha value is -7.54. The van der Waals surface area contributed by atoms with Crippen molar-refractivity contribution in [2.24, 2.45) is 28.1 Å². The van der Waals surface area contributed by atoms with Crippen molar-refractivity contribution in [1.29, 1.82) is 0 Å². The van der Waals surface area contributed by atoms with Crippen LogP contribution in [0, 0.1) is 5.92 Å². The number of carboxylic acids is 1. The molecule has 5 aromatic rings. The lowest BCUT2D eigenvalue weighted by Gasteiger charge is -2.29. The van der Waals surface area contributed by atoms with Crippen LogP contribution in [0.25, 0.3) is 10.9 Å². The van der Waals surface area contributed by atoms with E-state index in [1.807, 2.05) is 37.3 Å². The highest BCUT2D eigenvalue weighted by molar-refractivity contribution is 5.97. The van der Waals surface area contributed by atoms with Gasteiger partial charge in [0.2, 0.25) is 29.5 Å². The number of aromatic nitrogens is 3. The van der Waals surface area contributed by atoms with Crippen LogP contribution in [-0.2, 0) is 54.5 Å². The quantitative estimate of drug-likeness (QED) is 0.0224. The van der Waals surface area contributed by atoms with Crippen molar-refractivity contribution in [3.8, 4) is 0 Å². The van der Waals surface area contributed by atoms with E-state index in [2.05, 4.69) is 46.5 Å². The fraction of sp³-hybridized carbons (Fsp3) is 0.362. The van der Waals surface area contributed by atoms with Gasteiger partial charge in [0.05, 0.1) is 12.4 Å². The van der Waals surface area contributed by atoms with Crippen LogP contribution >= 0.6 is 0 Å². The molecule has 7 atom stereocenters. The smallest absolute Gasteiger partial charge is 0.326 e. The monoisotopic (exact) mass is 904 g/mol. The second-order valence-corrected chi connectivity index (χ2v) is 16.2. The van der Waals surface area contributed by atoms with Gasteiger partial charge >= 0.3 is 5.97 Å². The van der Waals surface area contributed by atoms with E-state index >= 15 is 0 Å². The van der Waals surface area contributed by atoms with E-state index in [0.29, 0.717) is 23.2 Å². The van der Waals surface area contributed by atoms with Crippen molar-refractivity contribution in [1.82, 2.24) is 41.5 Å². The van der Waals surface area contributed by atoms with Gasteiger partial charge in [-0.25, -0.2) is 9.78 Å². The first-order valence-corrected chi connectivity index (χ1v) is 21.9. The number of imidazole rings is 1. The summed E-state index contributed by atoms with van der Waals surface area (Å²) in [7, 11) is 0. The molecule has 0 fully saturated rings. The number of guanidine groups is 1. The lowest BCUT2D eigenvalue weighted by Crippen LogP contribution is -2.61. The summed E-state index contributed by atoms with van der Waals surface area (Å²) in [6, 6.07) is 17.9. The number of fused-ring (bicyclic) bond motifs is 1. The molecule has 0 unspecified atom stereocenters. The third-order valence-corrected chi connectivity index (χ3v) is 11.2. The molecule has 0 aliphatic rings. The number of carbonyl (C=O) groups is 6. The van der Waals surface area contributed by atoms with Crippen molar-refractivity contribution in [3.63, 3.8) is 0 Å². The van der Waals surface area contributed by atoms with Gasteiger partial charge in [0.15, 0.2) is 5.96 Å². The molecule has 66 heavy (non-hydrogen) atoms. The first-order valence-electron chi connectivity index (χ1n) is 21.9. The number of rotatable bonds is 25. The Kier molecular flexibility index (Phi) is 18.4. The maximum atomic E-state index is 14.5. The summed E-state index contributed by atoms with van der Waals surface area (Å²) < 4.78 is 0. The average Bonchev–Trinajstić information content (AvgIpc) is 3.98. The summed E-state index contributed by atoms with van der Waals surface area (Å²) in [6.07, 6.45) is 5.54. The van der Waals surface area contributed by atoms with Crippen LogP contribution in [-0.4, -0.2) is 104 Å². The zero-order chi connectivity index (χ0) is 47.6. The minimum absolute atomic E-state index is 0.00359. The van der Waals surface area contributed by atoms with Gasteiger partial charge in [0.25, 0.3) is 0 Å². The van der Waals surface area contributed by atoms with Gasteiger partial charge in [0.1, 0.15) is 30.2 Å². The molecule has 0 spiro atoms. The molecule has 2 heterocycles. The molecule has 5 amide bonds. The number of hydrogen-bond acceptors (Lipinski definition) is 9. The molecule has 19 heteroatoms. The van der Waals surface area contributed by atoms with E-state index in [0.717, 1.165) is 16.5 Å². The number of aliphatic imine (C=N–C) groups is 1. The maximum absolute atomic E-state index is 14.5. The van der Waals surface area contributed by atoms with Gasteiger partial charge in [-0.2, -0.15) is 0 Å². The number of aliphatic carboxylic acids is 1. The summed E-state index contributed by atoms with van der Waals surface area (Å²) in [6.45, 7) is 3.71. The number of H-pyrrole nitrogens is 2. The summed E-state index contributed by atoms with van der Waals surface area (Å²) >= 11 is 0. The lowest BCUT2D eigenvalue weighted by atomic mass is 9.96. The van der Waals surface area contributed by atoms with E-state index in [1.165, 1.54) is 6.33 Å². The molecule has 0 bridgehead atoms. The normalized spacial score (nSPS) is 14.3. The molecular weight excluding hydrogens is 845 g/mol. The van der Waals surface area contributed by atoms with Gasteiger partial charge in [0, 0.05) is 61.2 Å². The average molecular weight is 905 g/mol. The third-order valence-electron chi connectivity index (χ3n) is 11.2. The molecule has 0 saturated carbocycles. The maximum Gasteiger partial charge on any atom is 0.326 e. The first kappa shape index (κ1) is 49.5. The van der Waals surface area contributed by atoms with E-state index < -0.39 is 77.7 Å². The molecule has 350 valence electrons. The molecule has 5 rings (SSSR count). The Morgan fingerprint density at radius 3 is 1.86 bits per heavy atom. The van der Waals surface area contributed by atoms with Gasteiger partial charge in [-0.1, -0.05) is 99.1 Å². The fourth-order valence-corrected chi connectivity index (χ4v) is 7.38. The predicted octanol–water partition coefficient (Wildman–Crippen LogP) is 1.10. The zero-order valence-corrected chi connectivity index (χ0v) is 37.0. The predicted molar refractivity (Wildman–Crippen MR) is 249 cm³/mol. The number of nitrogens with two attached hydrogens (primary N) is 3. The van der Waals surface area contributed by atoms with Crippen LogP contribution in [0.4, 0.5) is 0 Å². The van der Waals surface area contributed by atoms with Gasteiger partial charge < -0.3 is 58.9 Å². The van der Waals surface area contributed by atoms with Crippen LogP contribution in [0.2, 0.25) is 0 Å². The minimum Gasteiger partial charge on any atom is -0.480 e. The van der Waals surface area contributed by atoms with E-state index in [9.17, 15) is 33.9 Å². The van der Waals surface area contributed by atoms with E-state index in [1.54, 1.807) is 73.9 Å². The summed E-state index contributed by atoms with van der Waals surface area (Å²) in [5, 5.41) is 24.7. The van der Waals surface area contributed by atoms with Crippen LogP contribution in [0.1, 0.15) is 55.5 Å². The van der Waals surface area contributed by atoms with Crippen molar-refractivity contribution in [2.45, 2.75) is 95.0 Å². The topological polar surface area (TPSA) is 318 Å². The molecule has 0 aliphatic heterocycles. The number of carboxylic acid groups (broad SMARTS) is 1. The number of nitrogens with zero attached hydrogens (tertiary/aromatic N) is 2. The van der Waals surface area contributed by atoms with E-state index in [4.69, 9.17) is 17.2 Å². The molecule has 19 nitrogen and oxygen atoms in total. The number of aromatic amines is 2. The molecule has 2 aromatic heterocycles. The second kappa shape index (κ2) is 24.5. The largest absolute Gasteiger partial charge is 0.480 e. The molecular formula is C47H60N12O7. The Balaban J connectivity index is 1.39. The molecule has 14 N–H and O–H groups in total. The molecule has 0 aliphatic carbocycles. The van der Waals surface area contributed by atoms with Gasteiger partial charge in [-0.15, -0.1) is 0 Å². The number of hydrogen-bond donors (Lipinski definition) is 11. The first-order chi connectivity index (χ1) is 31.7. The Morgan fingerprint density at radius 1 is 0.682 bits per heavy atom. The zero-order valence-electron chi connectivity index (χ0n) is 37.0. The second-order valence-electron chi connectivity index (χ2n) is 16.2. The van der Waals surface area contributed by atoms with Crippen LogP contribution in [0.15, 0.2) is 109 Å². The highest BCUT2D eigenvalue weighted by Gasteiger charge is 2.35. The number of carbonyl (C=O) groups excluding carboxylic acids is 5. The van der Waals surface area contributed by atoms with Crippen molar-refractivity contribution in [2.75, 3.05) is 6.54 Å². The Morgan fingerprint density at radius 2 is 1.24 bits per heavy atom. The molecule has 0 saturated heterocycles.